The largest absolute Gasteiger partial charge is 0.158 e. The third kappa shape index (κ3) is 2.73. The summed E-state index contributed by atoms with van der Waals surface area (Å²) in [5, 5.41) is 9.26. The summed E-state index contributed by atoms with van der Waals surface area (Å²) in [7, 11) is 0. The monoisotopic (exact) mass is 242 g/mol. The summed E-state index contributed by atoms with van der Waals surface area (Å²) in [4.78, 5) is 0. The molecule has 0 aliphatic carbocycles. The molecule has 0 aliphatic heterocycles. The maximum absolute atomic E-state index is 4.09. The van der Waals surface area contributed by atoms with Crippen molar-refractivity contribution in [1.29, 1.82) is 0 Å². The van der Waals surface area contributed by atoms with Gasteiger partial charge in [-0.1, -0.05) is 11.3 Å². The number of hydrogen-bond acceptors (Lipinski definition) is 7. The highest BCUT2D eigenvalue weighted by molar-refractivity contribution is 7.99. The first-order valence-corrected chi connectivity index (χ1v) is 5.55. The van der Waals surface area contributed by atoms with Gasteiger partial charge in [0.15, 0.2) is 0 Å². The molecule has 0 saturated carbocycles. The normalized spacial score (nSPS) is 11.5. The van der Waals surface area contributed by atoms with Crippen LogP contribution in [0.2, 0.25) is 0 Å². The van der Waals surface area contributed by atoms with Gasteiger partial charge in [-0.2, -0.15) is 50.5 Å². The maximum Gasteiger partial charge on any atom is 0.140 e. The molecule has 1 rings (SSSR count). The van der Waals surface area contributed by atoms with Gasteiger partial charge >= 0.3 is 0 Å². The first-order chi connectivity index (χ1) is 5.11. The predicted octanol–water partition coefficient (Wildman–Crippen LogP) is 2.25. The van der Waals surface area contributed by atoms with E-state index in [-0.39, 0.29) is 9.16 Å². The van der Waals surface area contributed by atoms with Crippen LogP contribution in [0.5, 0.6) is 0 Å². The number of thiol groups is 4. The average molecular weight is 242 g/mol. The number of aromatic nitrogens is 2. The summed E-state index contributed by atoms with van der Waals surface area (Å²) in [6.45, 7) is 0. The molecule has 1 heterocycles. The average Bonchev–Trinajstić information content (AvgIpc) is 2.33. The van der Waals surface area contributed by atoms with Crippen LogP contribution in [0.4, 0.5) is 0 Å². The molecule has 0 amide bonds. The lowest BCUT2D eigenvalue weighted by molar-refractivity contribution is 1.00. The van der Waals surface area contributed by atoms with E-state index in [0.717, 1.165) is 10.0 Å². The number of hydrogen-bond donors (Lipinski definition) is 4. The second-order valence-electron chi connectivity index (χ2n) is 1.73. The molecule has 0 radical (unpaired) electrons. The minimum absolute atomic E-state index is 0.165. The number of rotatable bonds is 2. The van der Waals surface area contributed by atoms with Gasteiger partial charge in [0, 0.05) is 0 Å². The van der Waals surface area contributed by atoms with Gasteiger partial charge in [-0.05, 0) is 0 Å². The Labute approximate surface area is 90.8 Å². The Morgan fingerprint density at radius 3 is 1.45 bits per heavy atom. The molecule has 0 aromatic carbocycles. The SMILES string of the molecule is SC(S)c1nnc(C(S)S)s1. The van der Waals surface area contributed by atoms with Crippen LogP contribution in [0.25, 0.3) is 0 Å². The van der Waals surface area contributed by atoms with Crippen LogP contribution in [0, 0.1) is 0 Å². The lowest BCUT2D eigenvalue weighted by atomic mass is 10.8. The van der Waals surface area contributed by atoms with E-state index in [4.69, 9.17) is 0 Å². The summed E-state index contributed by atoms with van der Waals surface area (Å²) in [6, 6.07) is 0. The van der Waals surface area contributed by atoms with Crippen molar-refractivity contribution in [2.24, 2.45) is 0 Å². The molecule has 0 atom stereocenters. The highest BCUT2D eigenvalue weighted by Gasteiger charge is 2.11. The first-order valence-electron chi connectivity index (χ1n) is 2.67. The standard InChI is InChI=1S/C4H6N2S5/c7-3(8)1-5-6-2(11-1)4(9)10/h3-4,7-10H. The van der Waals surface area contributed by atoms with Crippen molar-refractivity contribution in [3.05, 3.63) is 10.0 Å². The van der Waals surface area contributed by atoms with Crippen LogP contribution in [-0.2, 0) is 0 Å². The summed E-state index contributed by atoms with van der Waals surface area (Å²) in [5.74, 6) is 0. The smallest absolute Gasteiger partial charge is 0.140 e. The Hall–Kier alpha value is 0.960. The summed E-state index contributed by atoms with van der Waals surface area (Å²) in [6.07, 6.45) is 0. The fourth-order valence-corrected chi connectivity index (χ4v) is 1.88. The highest BCUT2D eigenvalue weighted by atomic mass is 32.2. The Morgan fingerprint density at radius 1 is 0.909 bits per heavy atom. The van der Waals surface area contributed by atoms with Crippen LogP contribution in [0.15, 0.2) is 0 Å². The molecule has 2 nitrogen and oxygen atoms in total. The maximum atomic E-state index is 4.09. The quantitative estimate of drug-likeness (QED) is 0.473. The third-order valence-corrected chi connectivity index (χ3v) is 3.63. The topological polar surface area (TPSA) is 25.8 Å². The molecular weight excluding hydrogens is 236 g/mol. The third-order valence-electron chi connectivity index (χ3n) is 0.898. The van der Waals surface area contributed by atoms with E-state index in [1.807, 2.05) is 0 Å². The van der Waals surface area contributed by atoms with Crippen LogP contribution < -0.4 is 0 Å². The van der Waals surface area contributed by atoms with Gasteiger partial charge in [0.2, 0.25) is 0 Å². The zero-order valence-corrected chi connectivity index (χ0v) is 9.64. The number of nitrogens with zero attached hydrogens (tertiary/aromatic N) is 2. The van der Waals surface area contributed by atoms with E-state index in [1.54, 1.807) is 0 Å². The first kappa shape index (κ1) is 10.0. The molecule has 0 spiro atoms. The lowest BCUT2D eigenvalue weighted by Crippen LogP contribution is -1.79. The van der Waals surface area contributed by atoms with Gasteiger partial charge in [0.25, 0.3) is 0 Å². The molecule has 11 heavy (non-hydrogen) atoms. The van der Waals surface area contributed by atoms with E-state index in [9.17, 15) is 0 Å². The molecule has 0 N–H and O–H groups in total. The van der Waals surface area contributed by atoms with E-state index < -0.39 is 0 Å². The molecule has 1 aromatic heterocycles. The predicted molar refractivity (Wildman–Crippen MR) is 61.3 cm³/mol. The van der Waals surface area contributed by atoms with E-state index in [0.29, 0.717) is 0 Å². The van der Waals surface area contributed by atoms with E-state index in [1.165, 1.54) is 11.3 Å². The van der Waals surface area contributed by atoms with Crippen molar-refractivity contribution >= 4 is 61.9 Å². The van der Waals surface area contributed by atoms with Crippen molar-refractivity contribution in [1.82, 2.24) is 10.2 Å². The van der Waals surface area contributed by atoms with Crippen molar-refractivity contribution < 1.29 is 0 Å². The molecule has 0 bridgehead atoms. The fourth-order valence-electron chi connectivity index (χ4n) is 0.455. The van der Waals surface area contributed by atoms with E-state index in [2.05, 4.69) is 60.7 Å². The van der Waals surface area contributed by atoms with Crippen LogP contribution in [-0.4, -0.2) is 10.2 Å². The van der Waals surface area contributed by atoms with Gasteiger partial charge in [0.05, 0.1) is 9.16 Å². The van der Waals surface area contributed by atoms with Gasteiger partial charge in [-0.25, -0.2) is 0 Å². The zero-order valence-electron chi connectivity index (χ0n) is 5.25. The molecule has 62 valence electrons. The Kier molecular flexibility index (Phi) is 3.90. The molecule has 0 aliphatic rings. The van der Waals surface area contributed by atoms with Crippen LogP contribution in [0.1, 0.15) is 19.2 Å². The molecule has 7 heteroatoms. The summed E-state index contributed by atoms with van der Waals surface area (Å²) in [5.41, 5.74) is 0. The Morgan fingerprint density at radius 2 is 1.27 bits per heavy atom. The Bertz CT molecular complexity index is 210. The van der Waals surface area contributed by atoms with Crippen LogP contribution >= 0.6 is 61.9 Å². The van der Waals surface area contributed by atoms with Gasteiger partial charge < -0.3 is 0 Å². The van der Waals surface area contributed by atoms with Crippen molar-refractivity contribution in [3.8, 4) is 0 Å². The second-order valence-corrected chi connectivity index (χ2v) is 5.65. The van der Waals surface area contributed by atoms with Crippen molar-refractivity contribution in [2.75, 3.05) is 0 Å². The van der Waals surface area contributed by atoms with Gasteiger partial charge in [-0.3, -0.25) is 0 Å². The zero-order chi connectivity index (χ0) is 8.43. The van der Waals surface area contributed by atoms with Crippen LogP contribution in [0.3, 0.4) is 0 Å². The second kappa shape index (κ2) is 4.27. The Balaban J connectivity index is 2.82. The van der Waals surface area contributed by atoms with Crippen molar-refractivity contribution in [2.45, 2.75) is 9.16 Å². The fraction of sp³-hybridized carbons (Fsp3) is 0.500. The molecule has 1 aromatic rings. The van der Waals surface area contributed by atoms with Gasteiger partial charge in [0.1, 0.15) is 10.0 Å². The minimum atomic E-state index is -0.165. The van der Waals surface area contributed by atoms with Crippen molar-refractivity contribution in [3.63, 3.8) is 0 Å². The molecule has 0 fully saturated rings. The molecule has 0 unspecified atom stereocenters. The summed E-state index contributed by atoms with van der Waals surface area (Å²) >= 11 is 17.8. The summed E-state index contributed by atoms with van der Waals surface area (Å²) < 4.78 is -0.330. The molecular formula is C4H6N2S5. The molecule has 0 saturated heterocycles. The minimum Gasteiger partial charge on any atom is -0.158 e. The highest BCUT2D eigenvalue weighted by Crippen LogP contribution is 2.32. The van der Waals surface area contributed by atoms with Gasteiger partial charge in [-0.15, -0.1) is 10.2 Å². The lowest BCUT2D eigenvalue weighted by Gasteiger charge is -1.94. The van der Waals surface area contributed by atoms with E-state index >= 15 is 0 Å².